The largest absolute Gasteiger partial charge is 0.310 e. The first-order chi connectivity index (χ1) is 9.83. The maximum Gasteiger partial charge on any atom is 0.0951 e. The lowest BCUT2D eigenvalue weighted by Gasteiger charge is -2.13. The summed E-state index contributed by atoms with van der Waals surface area (Å²) in [7, 11) is 0. The van der Waals surface area contributed by atoms with Crippen molar-refractivity contribution in [1.29, 1.82) is 0 Å². The smallest absolute Gasteiger partial charge is 0.0951 e. The zero-order valence-electron chi connectivity index (χ0n) is 11.4. The van der Waals surface area contributed by atoms with Crippen molar-refractivity contribution in [1.82, 2.24) is 15.3 Å². The number of para-hydroxylation sites is 1. The number of aromatic nitrogens is 2. The molecule has 0 spiro atoms. The number of rotatable bonds is 5. The average Bonchev–Trinajstić information content (AvgIpc) is 2.90. The summed E-state index contributed by atoms with van der Waals surface area (Å²) in [5, 5.41) is 4.73. The molecular formula is C16H17N3S. The van der Waals surface area contributed by atoms with E-state index in [1.807, 2.05) is 18.5 Å². The normalized spacial score (nSPS) is 12.7. The predicted molar refractivity (Wildman–Crippen MR) is 84.0 cm³/mol. The molecule has 0 saturated carbocycles. The molecule has 0 aliphatic heterocycles. The monoisotopic (exact) mass is 283 g/mol. The summed E-state index contributed by atoms with van der Waals surface area (Å²) in [4.78, 5) is 8.69. The Morgan fingerprint density at radius 3 is 2.75 bits per heavy atom. The molecule has 0 bridgehead atoms. The van der Waals surface area contributed by atoms with E-state index in [9.17, 15) is 0 Å². The van der Waals surface area contributed by atoms with Crippen molar-refractivity contribution in [2.24, 2.45) is 0 Å². The maximum atomic E-state index is 4.65. The van der Waals surface area contributed by atoms with Crippen molar-refractivity contribution in [3.05, 3.63) is 59.4 Å². The van der Waals surface area contributed by atoms with E-state index >= 15 is 0 Å². The Labute approximate surface area is 122 Å². The molecule has 0 amide bonds. The Morgan fingerprint density at radius 2 is 1.95 bits per heavy atom. The maximum absolute atomic E-state index is 4.65. The van der Waals surface area contributed by atoms with Gasteiger partial charge in [0, 0.05) is 31.4 Å². The molecular weight excluding hydrogens is 266 g/mol. The molecule has 1 aromatic carbocycles. The van der Waals surface area contributed by atoms with Crippen LogP contribution in [0.3, 0.4) is 0 Å². The Balaban J connectivity index is 1.57. The highest BCUT2D eigenvalue weighted by Crippen LogP contribution is 2.21. The van der Waals surface area contributed by atoms with Crippen molar-refractivity contribution >= 4 is 21.6 Å². The minimum Gasteiger partial charge on any atom is -0.310 e. The first kappa shape index (κ1) is 13.2. The number of nitrogens with zero attached hydrogens (tertiary/aromatic N) is 2. The van der Waals surface area contributed by atoms with Crippen molar-refractivity contribution < 1.29 is 0 Å². The summed E-state index contributed by atoms with van der Waals surface area (Å²) >= 11 is 1.78. The third kappa shape index (κ3) is 3.03. The first-order valence-electron chi connectivity index (χ1n) is 6.81. The predicted octanol–water partition coefficient (Wildman–Crippen LogP) is 3.58. The van der Waals surface area contributed by atoms with Crippen LogP contribution in [0.15, 0.2) is 48.8 Å². The third-order valence-corrected chi connectivity index (χ3v) is 4.43. The molecule has 1 N–H and O–H groups in total. The van der Waals surface area contributed by atoms with E-state index in [-0.39, 0.29) is 0 Å². The number of pyridine rings is 1. The van der Waals surface area contributed by atoms with Gasteiger partial charge in [-0.1, -0.05) is 12.1 Å². The average molecular weight is 283 g/mol. The van der Waals surface area contributed by atoms with Crippen molar-refractivity contribution in [2.75, 3.05) is 6.54 Å². The molecule has 3 nitrogen and oxygen atoms in total. The fourth-order valence-corrected chi connectivity index (χ4v) is 3.16. The van der Waals surface area contributed by atoms with E-state index in [1.54, 1.807) is 11.3 Å². The van der Waals surface area contributed by atoms with Crippen LogP contribution in [-0.4, -0.2) is 16.5 Å². The van der Waals surface area contributed by atoms with Crippen LogP contribution < -0.4 is 5.32 Å². The van der Waals surface area contributed by atoms with Crippen molar-refractivity contribution in [3.8, 4) is 0 Å². The van der Waals surface area contributed by atoms with Crippen LogP contribution in [0, 0.1) is 0 Å². The number of hydrogen-bond acceptors (Lipinski definition) is 4. The summed E-state index contributed by atoms with van der Waals surface area (Å²) in [5.74, 6) is 0. The number of thiazole rings is 1. The van der Waals surface area contributed by atoms with Crippen LogP contribution >= 0.6 is 11.3 Å². The van der Waals surface area contributed by atoms with Crippen LogP contribution in [0.2, 0.25) is 0 Å². The Hall–Kier alpha value is -1.78. The van der Waals surface area contributed by atoms with Gasteiger partial charge in [0.25, 0.3) is 0 Å². The minimum absolute atomic E-state index is 0.340. The van der Waals surface area contributed by atoms with Gasteiger partial charge >= 0.3 is 0 Å². The zero-order valence-corrected chi connectivity index (χ0v) is 12.2. The minimum atomic E-state index is 0.340. The highest BCUT2D eigenvalue weighted by atomic mass is 32.1. The van der Waals surface area contributed by atoms with E-state index in [0.29, 0.717) is 6.04 Å². The highest BCUT2D eigenvalue weighted by molar-refractivity contribution is 7.18. The van der Waals surface area contributed by atoms with E-state index in [2.05, 4.69) is 52.5 Å². The van der Waals surface area contributed by atoms with Crippen LogP contribution in [0.4, 0.5) is 0 Å². The molecule has 0 aliphatic carbocycles. The lowest BCUT2D eigenvalue weighted by molar-refractivity contribution is 0.576. The summed E-state index contributed by atoms with van der Waals surface area (Å²) in [6, 6.07) is 12.7. The van der Waals surface area contributed by atoms with Crippen LogP contribution in [0.25, 0.3) is 10.2 Å². The van der Waals surface area contributed by atoms with Gasteiger partial charge in [-0.2, -0.15) is 0 Å². The second kappa shape index (κ2) is 6.11. The molecule has 0 radical (unpaired) electrons. The number of hydrogen-bond donors (Lipinski definition) is 1. The lowest BCUT2D eigenvalue weighted by Crippen LogP contribution is -2.21. The molecule has 0 fully saturated rings. The van der Waals surface area contributed by atoms with E-state index in [4.69, 9.17) is 0 Å². The fraction of sp³-hybridized carbons (Fsp3) is 0.250. The summed E-state index contributed by atoms with van der Waals surface area (Å²) in [6.45, 7) is 3.11. The van der Waals surface area contributed by atoms with E-state index < -0.39 is 0 Å². The molecule has 2 aromatic heterocycles. The molecule has 4 heteroatoms. The van der Waals surface area contributed by atoms with Gasteiger partial charge in [0.2, 0.25) is 0 Å². The Kier molecular flexibility index (Phi) is 4.04. The molecule has 1 unspecified atom stereocenters. The standard InChI is InChI=1S/C16H17N3S/c1-12(13-6-9-17-10-7-13)18-11-8-16-19-14-4-2-3-5-15(14)20-16/h2-7,9-10,12,18H,8,11H2,1H3. The van der Waals surface area contributed by atoms with Gasteiger partial charge in [0.1, 0.15) is 0 Å². The second-order valence-electron chi connectivity index (χ2n) is 4.78. The van der Waals surface area contributed by atoms with Gasteiger partial charge in [-0.15, -0.1) is 11.3 Å². The molecule has 3 rings (SSSR count). The van der Waals surface area contributed by atoms with E-state index in [1.165, 1.54) is 15.3 Å². The summed E-state index contributed by atoms with van der Waals surface area (Å²) in [5.41, 5.74) is 2.37. The van der Waals surface area contributed by atoms with Crippen LogP contribution in [0.5, 0.6) is 0 Å². The summed E-state index contributed by atoms with van der Waals surface area (Å²) in [6.07, 6.45) is 4.64. The third-order valence-electron chi connectivity index (χ3n) is 3.33. The number of nitrogens with one attached hydrogen (secondary N) is 1. The quantitative estimate of drug-likeness (QED) is 0.777. The van der Waals surface area contributed by atoms with Gasteiger partial charge in [-0.05, 0) is 36.8 Å². The van der Waals surface area contributed by atoms with Crippen LogP contribution in [0.1, 0.15) is 23.5 Å². The Bertz CT molecular complexity index is 645. The fourth-order valence-electron chi connectivity index (χ4n) is 2.19. The van der Waals surface area contributed by atoms with Crippen LogP contribution in [-0.2, 0) is 6.42 Å². The van der Waals surface area contributed by atoms with Gasteiger partial charge in [-0.25, -0.2) is 4.98 Å². The van der Waals surface area contributed by atoms with Gasteiger partial charge in [-0.3, -0.25) is 4.98 Å². The molecule has 3 aromatic rings. The van der Waals surface area contributed by atoms with Gasteiger partial charge < -0.3 is 5.32 Å². The number of benzene rings is 1. The molecule has 0 aliphatic rings. The molecule has 2 heterocycles. The number of fused-ring (bicyclic) bond motifs is 1. The SMILES string of the molecule is CC(NCCc1nc2ccccc2s1)c1ccncc1. The molecule has 20 heavy (non-hydrogen) atoms. The zero-order chi connectivity index (χ0) is 13.8. The van der Waals surface area contributed by atoms with Crippen molar-refractivity contribution in [2.45, 2.75) is 19.4 Å². The van der Waals surface area contributed by atoms with Gasteiger partial charge in [0.05, 0.1) is 15.2 Å². The van der Waals surface area contributed by atoms with Crippen molar-refractivity contribution in [3.63, 3.8) is 0 Å². The second-order valence-corrected chi connectivity index (χ2v) is 5.90. The van der Waals surface area contributed by atoms with Gasteiger partial charge in [0.15, 0.2) is 0 Å². The molecule has 0 saturated heterocycles. The lowest BCUT2D eigenvalue weighted by atomic mass is 10.1. The first-order valence-corrected chi connectivity index (χ1v) is 7.62. The topological polar surface area (TPSA) is 37.8 Å². The Morgan fingerprint density at radius 1 is 1.15 bits per heavy atom. The highest BCUT2D eigenvalue weighted by Gasteiger charge is 2.06. The molecule has 1 atom stereocenters. The van der Waals surface area contributed by atoms with E-state index in [0.717, 1.165) is 18.5 Å². The molecule has 102 valence electrons. The summed E-state index contributed by atoms with van der Waals surface area (Å²) < 4.78 is 1.27.